The molecule has 1 aliphatic heterocycles. The minimum atomic E-state index is -0.476. The average Bonchev–Trinajstić information content (AvgIpc) is 2.38. The first-order valence-corrected chi connectivity index (χ1v) is 7.30. The lowest BCUT2D eigenvalue weighted by Crippen LogP contribution is -2.49. The molecule has 4 nitrogen and oxygen atoms in total. The fraction of sp³-hybridized carbons (Fsp3) is 0.929. The molecular weight excluding hydrogens is 228 g/mol. The van der Waals surface area contributed by atoms with Crippen molar-refractivity contribution in [1.82, 2.24) is 10.2 Å². The molecule has 1 saturated carbocycles. The van der Waals surface area contributed by atoms with Crippen molar-refractivity contribution in [2.45, 2.75) is 63.5 Å². The topological polar surface area (TPSA) is 52.6 Å². The van der Waals surface area contributed by atoms with Crippen molar-refractivity contribution in [3.63, 3.8) is 0 Å². The van der Waals surface area contributed by atoms with Crippen LogP contribution >= 0.6 is 0 Å². The van der Waals surface area contributed by atoms with Crippen LogP contribution in [0.1, 0.15) is 51.9 Å². The average molecular weight is 254 g/mol. The first kappa shape index (κ1) is 13.8. The standard InChI is InChI=1S/C14H26N2O2/c1-12(17)16-9-5-13(6-10-16)15-11-14(18)7-3-2-4-8-14/h13,15,18H,2-11H2,1H3. The number of likely N-dealkylation sites (tertiary alicyclic amines) is 1. The highest BCUT2D eigenvalue weighted by molar-refractivity contribution is 5.73. The van der Waals surface area contributed by atoms with Crippen molar-refractivity contribution in [2.75, 3.05) is 19.6 Å². The molecule has 1 heterocycles. The Kier molecular flexibility index (Phi) is 4.62. The van der Waals surface area contributed by atoms with Crippen LogP contribution in [0.25, 0.3) is 0 Å². The summed E-state index contributed by atoms with van der Waals surface area (Å²) < 4.78 is 0. The second kappa shape index (κ2) is 6.02. The van der Waals surface area contributed by atoms with Gasteiger partial charge in [0.2, 0.25) is 5.91 Å². The van der Waals surface area contributed by atoms with E-state index in [-0.39, 0.29) is 5.91 Å². The van der Waals surface area contributed by atoms with Gasteiger partial charge >= 0.3 is 0 Å². The Balaban J connectivity index is 1.70. The van der Waals surface area contributed by atoms with Crippen LogP contribution in [0.2, 0.25) is 0 Å². The minimum Gasteiger partial charge on any atom is -0.389 e. The van der Waals surface area contributed by atoms with E-state index < -0.39 is 5.60 Å². The SMILES string of the molecule is CC(=O)N1CCC(NCC2(O)CCCCC2)CC1. The number of hydrogen-bond donors (Lipinski definition) is 2. The van der Waals surface area contributed by atoms with E-state index in [0.29, 0.717) is 6.04 Å². The fourth-order valence-corrected chi connectivity index (χ4v) is 3.12. The number of piperidine rings is 1. The van der Waals surface area contributed by atoms with Crippen LogP contribution in [-0.2, 0) is 4.79 Å². The van der Waals surface area contributed by atoms with Crippen LogP contribution in [0.5, 0.6) is 0 Å². The molecule has 2 fully saturated rings. The zero-order valence-corrected chi connectivity index (χ0v) is 11.5. The highest BCUT2D eigenvalue weighted by Crippen LogP contribution is 2.27. The van der Waals surface area contributed by atoms with Crippen molar-refractivity contribution in [1.29, 1.82) is 0 Å². The van der Waals surface area contributed by atoms with Crippen molar-refractivity contribution < 1.29 is 9.90 Å². The zero-order valence-electron chi connectivity index (χ0n) is 11.5. The van der Waals surface area contributed by atoms with Gasteiger partial charge in [-0.05, 0) is 25.7 Å². The summed E-state index contributed by atoms with van der Waals surface area (Å²) in [6.07, 6.45) is 7.46. The molecular formula is C14H26N2O2. The Morgan fingerprint density at radius 1 is 1.28 bits per heavy atom. The summed E-state index contributed by atoms with van der Waals surface area (Å²) in [4.78, 5) is 13.1. The molecule has 0 radical (unpaired) electrons. The van der Waals surface area contributed by atoms with E-state index in [4.69, 9.17) is 0 Å². The highest BCUT2D eigenvalue weighted by Gasteiger charge is 2.30. The van der Waals surface area contributed by atoms with Crippen LogP contribution < -0.4 is 5.32 Å². The highest BCUT2D eigenvalue weighted by atomic mass is 16.3. The predicted molar refractivity (Wildman–Crippen MR) is 71.3 cm³/mol. The third kappa shape index (κ3) is 3.69. The van der Waals surface area contributed by atoms with Gasteiger partial charge in [-0.15, -0.1) is 0 Å². The number of carbonyl (C=O) groups is 1. The quantitative estimate of drug-likeness (QED) is 0.798. The number of rotatable bonds is 3. The lowest BCUT2D eigenvalue weighted by molar-refractivity contribution is -0.130. The molecule has 1 aliphatic carbocycles. The summed E-state index contributed by atoms with van der Waals surface area (Å²) in [6, 6.07) is 0.464. The zero-order chi connectivity index (χ0) is 13.0. The predicted octanol–water partition coefficient (Wildman–Crippen LogP) is 1.28. The number of carbonyl (C=O) groups excluding carboxylic acids is 1. The van der Waals surface area contributed by atoms with Gasteiger partial charge in [-0.25, -0.2) is 0 Å². The molecule has 0 atom stereocenters. The Morgan fingerprint density at radius 3 is 2.44 bits per heavy atom. The molecule has 0 bridgehead atoms. The molecule has 4 heteroatoms. The Bertz CT molecular complexity index is 280. The first-order chi connectivity index (χ1) is 8.59. The molecule has 0 aromatic carbocycles. The first-order valence-electron chi connectivity index (χ1n) is 7.30. The van der Waals surface area contributed by atoms with Crippen LogP contribution in [0.4, 0.5) is 0 Å². The van der Waals surface area contributed by atoms with Gasteiger partial charge in [-0.1, -0.05) is 19.3 Å². The van der Waals surface area contributed by atoms with Crippen molar-refractivity contribution in [3.05, 3.63) is 0 Å². The van der Waals surface area contributed by atoms with E-state index in [1.165, 1.54) is 6.42 Å². The molecule has 1 amide bonds. The molecule has 0 aromatic rings. The maximum absolute atomic E-state index is 11.2. The van der Waals surface area contributed by atoms with E-state index in [1.807, 2.05) is 4.90 Å². The van der Waals surface area contributed by atoms with Gasteiger partial charge in [0.05, 0.1) is 5.60 Å². The number of nitrogens with zero attached hydrogens (tertiary/aromatic N) is 1. The maximum Gasteiger partial charge on any atom is 0.219 e. The van der Waals surface area contributed by atoms with Gasteiger partial charge < -0.3 is 15.3 Å². The van der Waals surface area contributed by atoms with E-state index >= 15 is 0 Å². The molecule has 0 unspecified atom stereocenters. The summed E-state index contributed by atoms with van der Waals surface area (Å²) in [6.45, 7) is 4.06. The van der Waals surface area contributed by atoms with Gasteiger partial charge in [-0.3, -0.25) is 4.79 Å². The van der Waals surface area contributed by atoms with E-state index in [9.17, 15) is 9.90 Å². The molecule has 104 valence electrons. The molecule has 2 rings (SSSR count). The van der Waals surface area contributed by atoms with E-state index in [0.717, 1.165) is 58.2 Å². The fourth-order valence-electron chi connectivity index (χ4n) is 3.12. The van der Waals surface area contributed by atoms with Crippen molar-refractivity contribution in [2.24, 2.45) is 0 Å². The summed E-state index contributed by atoms with van der Waals surface area (Å²) in [5.41, 5.74) is -0.476. The van der Waals surface area contributed by atoms with Crippen molar-refractivity contribution in [3.8, 4) is 0 Å². The van der Waals surface area contributed by atoms with Gasteiger partial charge in [-0.2, -0.15) is 0 Å². The number of amides is 1. The third-order valence-electron chi connectivity index (χ3n) is 4.44. The third-order valence-corrected chi connectivity index (χ3v) is 4.44. The molecule has 2 N–H and O–H groups in total. The second-order valence-corrected chi connectivity index (χ2v) is 5.95. The van der Waals surface area contributed by atoms with Gasteiger partial charge in [0.25, 0.3) is 0 Å². The second-order valence-electron chi connectivity index (χ2n) is 5.95. The number of hydrogen-bond acceptors (Lipinski definition) is 3. The summed E-state index contributed by atoms with van der Waals surface area (Å²) in [7, 11) is 0. The van der Waals surface area contributed by atoms with Gasteiger partial charge in [0.1, 0.15) is 0 Å². The molecule has 1 saturated heterocycles. The monoisotopic (exact) mass is 254 g/mol. The number of nitrogens with one attached hydrogen (secondary N) is 1. The van der Waals surface area contributed by atoms with Crippen LogP contribution in [-0.4, -0.2) is 47.2 Å². The largest absolute Gasteiger partial charge is 0.389 e. The Labute approximate surface area is 110 Å². The summed E-state index contributed by atoms with van der Waals surface area (Å²) >= 11 is 0. The molecule has 0 spiro atoms. The number of aliphatic hydroxyl groups is 1. The van der Waals surface area contributed by atoms with Crippen LogP contribution in [0.15, 0.2) is 0 Å². The Hall–Kier alpha value is -0.610. The molecule has 18 heavy (non-hydrogen) atoms. The van der Waals surface area contributed by atoms with Gasteiger partial charge in [0, 0.05) is 32.6 Å². The smallest absolute Gasteiger partial charge is 0.219 e. The van der Waals surface area contributed by atoms with Crippen LogP contribution in [0, 0.1) is 0 Å². The lowest BCUT2D eigenvalue weighted by atomic mass is 9.84. The van der Waals surface area contributed by atoms with Crippen molar-refractivity contribution >= 4 is 5.91 Å². The maximum atomic E-state index is 11.2. The van der Waals surface area contributed by atoms with E-state index in [2.05, 4.69) is 5.32 Å². The minimum absolute atomic E-state index is 0.180. The van der Waals surface area contributed by atoms with Gasteiger partial charge in [0.15, 0.2) is 0 Å². The molecule has 0 aromatic heterocycles. The lowest BCUT2D eigenvalue weighted by Gasteiger charge is -2.36. The van der Waals surface area contributed by atoms with Crippen LogP contribution in [0.3, 0.4) is 0 Å². The summed E-state index contributed by atoms with van der Waals surface area (Å²) in [5, 5.41) is 13.9. The van der Waals surface area contributed by atoms with E-state index in [1.54, 1.807) is 6.92 Å². The Morgan fingerprint density at radius 2 is 1.89 bits per heavy atom. The normalized spacial score (nSPS) is 25.1. The molecule has 2 aliphatic rings. The summed E-state index contributed by atoms with van der Waals surface area (Å²) in [5.74, 6) is 0.180.